The number of nitrogens with one attached hydrogen (secondary N) is 1. The van der Waals surface area contributed by atoms with Gasteiger partial charge in [-0.1, -0.05) is 20.3 Å². The lowest BCUT2D eigenvalue weighted by atomic mass is 9.96. The fourth-order valence-electron chi connectivity index (χ4n) is 2.83. The monoisotopic (exact) mass is 255 g/mol. The van der Waals surface area contributed by atoms with Crippen molar-refractivity contribution in [2.75, 3.05) is 19.6 Å². The summed E-state index contributed by atoms with van der Waals surface area (Å²) in [5.41, 5.74) is 5.88. The average molecular weight is 255 g/mol. The van der Waals surface area contributed by atoms with Crippen LogP contribution in [0, 0.1) is 0 Å². The number of piperidine rings is 1. The van der Waals surface area contributed by atoms with E-state index in [2.05, 4.69) is 24.1 Å². The number of amides is 1. The summed E-state index contributed by atoms with van der Waals surface area (Å²) in [6.45, 7) is 6.75. The first kappa shape index (κ1) is 15.4. The summed E-state index contributed by atoms with van der Waals surface area (Å²) in [7, 11) is 0. The predicted octanol–water partition coefficient (Wildman–Crippen LogP) is 1.49. The van der Waals surface area contributed by atoms with Crippen LogP contribution in [0.4, 0.5) is 0 Å². The van der Waals surface area contributed by atoms with Gasteiger partial charge in [-0.05, 0) is 32.2 Å². The number of nitrogens with two attached hydrogens (primary N) is 1. The first-order valence-corrected chi connectivity index (χ1v) is 7.45. The van der Waals surface area contributed by atoms with Crippen LogP contribution in [0.15, 0.2) is 0 Å². The molecule has 1 heterocycles. The molecular weight excluding hydrogens is 226 g/mol. The molecule has 4 nitrogen and oxygen atoms in total. The van der Waals surface area contributed by atoms with Crippen LogP contribution >= 0.6 is 0 Å². The maximum Gasteiger partial charge on any atom is 0.221 e. The molecule has 0 aliphatic carbocycles. The van der Waals surface area contributed by atoms with Gasteiger partial charge in [0.2, 0.25) is 5.91 Å². The summed E-state index contributed by atoms with van der Waals surface area (Å²) >= 11 is 0. The van der Waals surface area contributed by atoms with E-state index in [1.54, 1.807) is 0 Å². The van der Waals surface area contributed by atoms with E-state index in [9.17, 15) is 4.79 Å². The van der Waals surface area contributed by atoms with Gasteiger partial charge < -0.3 is 11.1 Å². The SMILES string of the molecule is CCCNC(=O)CC(CN)N1CCCCC1CC. The van der Waals surface area contributed by atoms with E-state index < -0.39 is 0 Å². The number of rotatable bonds is 7. The summed E-state index contributed by atoms with van der Waals surface area (Å²) in [5, 5.41) is 2.95. The molecule has 0 aromatic carbocycles. The second-order valence-electron chi connectivity index (χ2n) is 5.24. The maximum absolute atomic E-state index is 11.8. The highest BCUT2D eigenvalue weighted by Gasteiger charge is 2.28. The van der Waals surface area contributed by atoms with Crippen molar-refractivity contribution >= 4 is 5.91 Å². The molecule has 2 atom stereocenters. The molecule has 3 N–H and O–H groups in total. The smallest absolute Gasteiger partial charge is 0.221 e. The highest BCUT2D eigenvalue weighted by atomic mass is 16.1. The summed E-state index contributed by atoms with van der Waals surface area (Å²) in [5.74, 6) is 0.146. The molecule has 1 rings (SSSR count). The third-order valence-corrected chi connectivity index (χ3v) is 3.88. The second-order valence-corrected chi connectivity index (χ2v) is 5.24. The van der Waals surface area contributed by atoms with Crippen molar-refractivity contribution in [3.63, 3.8) is 0 Å². The Morgan fingerprint density at radius 2 is 2.22 bits per heavy atom. The number of hydrogen-bond acceptors (Lipinski definition) is 3. The van der Waals surface area contributed by atoms with Crippen molar-refractivity contribution in [1.29, 1.82) is 0 Å². The van der Waals surface area contributed by atoms with Crippen LogP contribution in [0.5, 0.6) is 0 Å². The molecule has 0 aromatic heterocycles. The number of hydrogen-bond donors (Lipinski definition) is 2. The van der Waals surface area contributed by atoms with Gasteiger partial charge in [0.1, 0.15) is 0 Å². The lowest BCUT2D eigenvalue weighted by Gasteiger charge is -2.40. The van der Waals surface area contributed by atoms with Gasteiger partial charge in [-0.25, -0.2) is 0 Å². The fourth-order valence-corrected chi connectivity index (χ4v) is 2.83. The predicted molar refractivity (Wildman–Crippen MR) is 75.4 cm³/mol. The number of carbonyl (C=O) groups excluding carboxylic acids is 1. The van der Waals surface area contributed by atoms with Gasteiger partial charge in [-0.3, -0.25) is 9.69 Å². The molecule has 1 aliphatic rings. The highest BCUT2D eigenvalue weighted by Crippen LogP contribution is 2.22. The molecule has 1 saturated heterocycles. The van der Waals surface area contributed by atoms with Gasteiger partial charge >= 0.3 is 0 Å². The molecule has 0 saturated carbocycles. The number of likely N-dealkylation sites (tertiary alicyclic amines) is 1. The topological polar surface area (TPSA) is 58.4 Å². The normalized spacial score (nSPS) is 22.7. The zero-order valence-electron chi connectivity index (χ0n) is 12.0. The van der Waals surface area contributed by atoms with Crippen LogP contribution in [-0.2, 0) is 4.79 Å². The average Bonchev–Trinajstić information content (AvgIpc) is 2.42. The third kappa shape index (κ3) is 4.58. The third-order valence-electron chi connectivity index (χ3n) is 3.88. The number of carbonyl (C=O) groups is 1. The van der Waals surface area contributed by atoms with E-state index in [-0.39, 0.29) is 11.9 Å². The van der Waals surface area contributed by atoms with E-state index in [4.69, 9.17) is 5.73 Å². The Hall–Kier alpha value is -0.610. The summed E-state index contributed by atoms with van der Waals surface area (Å²) in [6.07, 6.45) is 6.50. The summed E-state index contributed by atoms with van der Waals surface area (Å²) in [4.78, 5) is 14.3. The molecule has 2 unspecified atom stereocenters. The zero-order chi connectivity index (χ0) is 13.4. The van der Waals surface area contributed by atoms with Crippen molar-refractivity contribution in [2.45, 2.75) is 64.5 Å². The van der Waals surface area contributed by atoms with E-state index in [0.717, 1.165) is 25.9 Å². The Balaban J connectivity index is 2.49. The van der Waals surface area contributed by atoms with Crippen molar-refractivity contribution in [3.8, 4) is 0 Å². The van der Waals surface area contributed by atoms with Crippen LogP contribution < -0.4 is 11.1 Å². The molecule has 106 valence electrons. The Kier molecular flexibility index (Phi) is 7.28. The van der Waals surface area contributed by atoms with E-state index in [1.165, 1.54) is 19.3 Å². The van der Waals surface area contributed by atoms with Crippen LogP contribution in [0.2, 0.25) is 0 Å². The molecule has 1 fully saturated rings. The largest absolute Gasteiger partial charge is 0.356 e. The van der Waals surface area contributed by atoms with Gasteiger partial charge in [0, 0.05) is 31.6 Å². The van der Waals surface area contributed by atoms with Crippen molar-refractivity contribution < 1.29 is 4.79 Å². The van der Waals surface area contributed by atoms with Crippen molar-refractivity contribution in [2.24, 2.45) is 5.73 Å². The Morgan fingerprint density at radius 1 is 1.44 bits per heavy atom. The van der Waals surface area contributed by atoms with Crippen molar-refractivity contribution in [3.05, 3.63) is 0 Å². The Morgan fingerprint density at radius 3 is 2.83 bits per heavy atom. The van der Waals surface area contributed by atoms with E-state index >= 15 is 0 Å². The molecule has 0 spiro atoms. The zero-order valence-corrected chi connectivity index (χ0v) is 12.0. The van der Waals surface area contributed by atoms with Gasteiger partial charge in [0.25, 0.3) is 0 Å². The molecule has 4 heteroatoms. The van der Waals surface area contributed by atoms with Gasteiger partial charge in [0.05, 0.1) is 0 Å². The van der Waals surface area contributed by atoms with E-state index in [1.807, 2.05) is 0 Å². The summed E-state index contributed by atoms with van der Waals surface area (Å²) in [6, 6.07) is 0.832. The lowest BCUT2D eigenvalue weighted by Crippen LogP contribution is -2.50. The van der Waals surface area contributed by atoms with Crippen LogP contribution in [0.1, 0.15) is 52.4 Å². The first-order valence-electron chi connectivity index (χ1n) is 7.45. The van der Waals surface area contributed by atoms with Gasteiger partial charge in [0.15, 0.2) is 0 Å². The van der Waals surface area contributed by atoms with Gasteiger partial charge in [-0.15, -0.1) is 0 Å². The minimum Gasteiger partial charge on any atom is -0.356 e. The molecule has 0 bridgehead atoms. The maximum atomic E-state index is 11.8. The molecule has 1 amide bonds. The molecule has 0 aromatic rings. The lowest BCUT2D eigenvalue weighted by molar-refractivity contribution is -0.122. The van der Waals surface area contributed by atoms with Gasteiger partial charge in [-0.2, -0.15) is 0 Å². The molecule has 1 aliphatic heterocycles. The van der Waals surface area contributed by atoms with Crippen LogP contribution in [-0.4, -0.2) is 42.5 Å². The molecular formula is C14H29N3O. The second kappa shape index (κ2) is 8.48. The minimum atomic E-state index is 0.146. The van der Waals surface area contributed by atoms with E-state index in [0.29, 0.717) is 19.0 Å². The quantitative estimate of drug-likeness (QED) is 0.725. The first-order chi connectivity index (χ1) is 8.72. The van der Waals surface area contributed by atoms with Crippen molar-refractivity contribution in [1.82, 2.24) is 10.2 Å². The Bertz CT molecular complexity index is 245. The highest BCUT2D eigenvalue weighted by molar-refractivity contribution is 5.76. The minimum absolute atomic E-state index is 0.146. The Labute approximate surface area is 111 Å². The standard InChI is InChI=1S/C14H29N3O/c1-3-8-16-14(18)10-13(11-15)17-9-6-5-7-12(17)4-2/h12-13H,3-11,15H2,1-2H3,(H,16,18). The fraction of sp³-hybridized carbons (Fsp3) is 0.929. The molecule has 18 heavy (non-hydrogen) atoms. The molecule has 0 radical (unpaired) electrons. The van der Waals surface area contributed by atoms with Crippen LogP contribution in [0.25, 0.3) is 0 Å². The summed E-state index contributed by atoms with van der Waals surface area (Å²) < 4.78 is 0. The van der Waals surface area contributed by atoms with Crippen LogP contribution in [0.3, 0.4) is 0 Å². The number of nitrogens with zero attached hydrogens (tertiary/aromatic N) is 1.